The van der Waals surface area contributed by atoms with Crippen molar-refractivity contribution in [2.24, 2.45) is 5.92 Å². The summed E-state index contributed by atoms with van der Waals surface area (Å²) in [5.41, 5.74) is 0. The molecule has 0 aliphatic rings. The molecular weight excluding hydrogens is 247 g/mol. The molecule has 8 heteroatoms. The molecule has 0 aliphatic heterocycles. The summed E-state index contributed by atoms with van der Waals surface area (Å²) in [4.78, 5) is 10.0. The number of hydrogen-bond acceptors (Lipinski definition) is 4. The van der Waals surface area contributed by atoms with Crippen LogP contribution in [0.1, 0.15) is 39.5 Å². The fourth-order valence-electron chi connectivity index (χ4n) is 0.829. The van der Waals surface area contributed by atoms with Gasteiger partial charge in [-0.25, -0.2) is 8.42 Å². The van der Waals surface area contributed by atoms with Crippen LogP contribution in [-0.2, 0) is 15.2 Å². The van der Waals surface area contributed by atoms with Gasteiger partial charge in [0, 0.05) is 6.42 Å². The monoisotopic (exact) mass is 264 g/mol. The van der Waals surface area contributed by atoms with Crippen LogP contribution in [0.3, 0.4) is 0 Å². The zero-order valence-corrected chi connectivity index (χ0v) is 12.7. The Morgan fingerprint density at radius 2 is 1.69 bits per heavy atom. The fraction of sp³-hybridized carbons (Fsp3) is 0.875. The Labute approximate surface area is 118 Å². The Hall–Kier alpha value is 0.340. The molecule has 0 radical (unpaired) electrons. The van der Waals surface area contributed by atoms with Crippen LogP contribution >= 0.6 is 0 Å². The topological polar surface area (TPSA) is 115 Å². The van der Waals surface area contributed by atoms with E-state index in [1.807, 2.05) is 0 Å². The SMILES string of the molecule is CC(C)CCCCC(=O)O.O=S(=O)([O-])O.[Na+]. The first kappa shape index (κ1) is 21.6. The van der Waals surface area contributed by atoms with Gasteiger partial charge < -0.3 is 9.66 Å². The van der Waals surface area contributed by atoms with Gasteiger partial charge in [0.2, 0.25) is 10.4 Å². The van der Waals surface area contributed by atoms with Gasteiger partial charge in [-0.2, -0.15) is 0 Å². The van der Waals surface area contributed by atoms with E-state index in [2.05, 4.69) is 13.8 Å². The van der Waals surface area contributed by atoms with E-state index in [0.29, 0.717) is 12.3 Å². The summed E-state index contributed by atoms with van der Waals surface area (Å²) in [5.74, 6) is 0.0255. The molecule has 0 saturated carbocycles. The summed E-state index contributed by atoms with van der Waals surface area (Å²) < 4.78 is 32.8. The van der Waals surface area contributed by atoms with Crippen molar-refractivity contribution in [3.05, 3.63) is 0 Å². The maximum Gasteiger partial charge on any atom is 1.00 e. The number of aliphatic carboxylic acids is 1. The molecule has 2 N–H and O–H groups in total. The van der Waals surface area contributed by atoms with E-state index in [9.17, 15) is 4.79 Å². The summed E-state index contributed by atoms with van der Waals surface area (Å²) in [5, 5.41) is 8.28. The number of carboxylic acids is 1. The number of rotatable bonds is 5. The van der Waals surface area contributed by atoms with Gasteiger partial charge in [0.05, 0.1) is 0 Å². The Balaban J connectivity index is -0.000000242. The fourth-order valence-corrected chi connectivity index (χ4v) is 0.829. The molecule has 0 amide bonds. The molecule has 0 unspecified atom stereocenters. The smallest absolute Gasteiger partial charge is 0.726 e. The van der Waals surface area contributed by atoms with Crippen molar-refractivity contribution >= 4 is 16.4 Å². The van der Waals surface area contributed by atoms with Crippen LogP contribution < -0.4 is 29.6 Å². The van der Waals surface area contributed by atoms with Crippen LogP contribution in [0.25, 0.3) is 0 Å². The first-order chi connectivity index (χ1) is 6.63. The van der Waals surface area contributed by atoms with Gasteiger partial charge in [0.25, 0.3) is 0 Å². The Morgan fingerprint density at radius 1 is 1.31 bits per heavy atom. The molecule has 6 nitrogen and oxygen atoms in total. The third-order valence-electron chi connectivity index (χ3n) is 1.42. The van der Waals surface area contributed by atoms with Crippen LogP contribution in [0, 0.1) is 5.92 Å². The number of carbonyl (C=O) groups is 1. The maximum absolute atomic E-state index is 10.0. The summed E-state index contributed by atoms with van der Waals surface area (Å²) in [6, 6.07) is 0. The minimum atomic E-state index is -4.92. The molecule has 0 aromatic heterocycles. The van der Waals surface area contributed by atoms with E-state index in [1.54, 1.807) is 0 Å². The van der Waals surface area contributed by atoms with Gasteiger partial charge >= 0.3 is 35.5 Å². The first-order valence-electron chi connectivity index (χ1n) is 4.53. The van der Waals surface area contributed by atoms with Crippen LogP contribution in [0.4, 0.5) is 0 Å². The third kappa shape index (κ3) is 47.4. The van der Waals surface area contributed by atoms with Crippen molar-refractivity contribution < 1.29 is 57.0 Å². The Morgan fingerprint density at radius 3 is 1.94 bits per heavy atom. The normalized spacial score (nSPS) is 10.1. The molecular formula is C8H17NaO6S. The van der Waals surface area contributed by atoms with Gasteiger partial charge in [0.1, 0.15) is 0 Å². The van der Waals surface area contributed by atoms with E-state index in [-0.39, 0.29) is 29.6 Å². The van der Waals surface area contributed by atoms with Gasteiger partial charge in [-0.3, -0.25) is 9.35 Å². The Bertz CT molecular complexity index is 254. The molecule has 0 rings (SSSR count). The average Bonchev–Trinajstić information content (AvgIpc) is 1.94. The summed E-state index contributed by atoms with van der Waals surface area (Å²) in [6.45, 7) is 4.31. The van der Waals surface area contributed by atoms with Crippen molar-refractivity contribution in [2.45, 2.75) is 39.5 Å². The predicted octanol–water partition coefficient (Wildman–Crippen LogP) is -1.70. The van der Waals surface area contributed by atoms with E-state index in [1.165, 1.54) is 0 Å². The van der Waals surface area contributed by atoms with Crippen LogP contribution in [0.2, 0.25) is 0 Å². The second-order valence-corrected chi connectivity index (χ2v) is 4.32. The number of unbranched alkanes of at least 4 members (excludes halogenated alkanes) is 1. The summed E-state index contributed by atoms with van der Waals surface area (Å²) in [7, 11) is -4.92. The number of hydrogen-bond donors (Lipinski definition) is 2. The molecule has 0 aromatic rings. The molecule has 92 valence electrons. The first-order valence-corrected chi connectivity index (χ1v) is 5.89. The van der Waals surface area contributed by atoms with Gasteiger partial charge in [-0.05, 0) is 12.3 Å². The van der Waals surface area contributed by atoms with E-state index in [4.69, 9.17) is 22.6 Å². The van der Waals surface area contributed by atoms with Crippen molar-refractivity contribution in [2.75, 3.05) is 0 Å². The molecule has 0 atom stereocenters. The molecule has 0 bridgehead atoms. The van der Waals surface area contributed by atoms with Crippen molar-refractivity contribution in [1.82, 2.24) is 0 Å². The van der Waals surface area contributed by atoms with E-state index < -0.39 is 16.4 Å². The quantitative estimate of drug-likeness (QED) is 0.264. The zero-order valence-electron chi connectivity index (χ0n) is 9.84. The minimum Gasteiger partial charge on any atom is -0.726 e. The Kier molecular flexibility index (Phi) is 16.0. The standard InChI is InChI=1S/C8H16O2.Na.H2O4S/c1-7(2)5-3-4-6-8(9)10;;1-5(2,3)4/h7H,3-6H2,1-2H3,(H,9,10);;(H2,1,2,3,4)/q;+1;/p-1. The molecule has 16 heavy (non-hydrogen) atoms. The van der Waals surface area contributed by atoms with Crippen LogP contribution in [-0.4, -0.2) is 28.6 Å². The largest absolute Gasteiger partial charge is 1.00 e. The van der Waals surface area contributed by atoms with Crippen LogP contribution in [0.5, 0.6) is 0 Å². The minimum absolute atomic E-state index is 0. The maximum atomic E-state index is 10.0. The molecule has 0 spiro atoms. The second-order valence-electron chi connectivity index (χ2n) is 3.46. The average molecular weight is 264 g/mol. The molecule has 0 aromatic carbocycles. The molecule has 0 heterocycles. The van der Waals surface area contributed by atoms with Gasteiger partial charge in [-0.15, -0.1) is 0 Å². The van der Waals surface area contributed by atoms with Crippen molar-refractivity contribution in [3.63, 3.8) is 0 Å². The molecule has 0 saturated heterocycles. The molecule has 0 fully saturated rings. The van der Waals surface area contributed by atoms with Gasteiger partial charge in [0.15, 0.2) is 0 Å². The molecule has 0 aliphatic carbocycles. The predicted molar refractivity (Wildman–Crippen MR) is 53.3 cm³/mol. The van der Waals surface area contributed by atoms with Crippen molar-refractivity contribution in [1.29, 1.82) is 0 Å². The van der Waals surface area contributed by atoms with E-state index >= 15 is 0 Å². The second kappa shape index (κ2) is 11.8. The summed E-state index contributed by atoms with van der Waals surface area (Å²) in [6.07, 6.45) is 3.34. The van der Waals surface area contributed by atoms with Crippen LogP contribution in [0.15, 0.2) is 0 Å². The van der Waals surface area contributed by atoms with E-state index in [0.717, 1.165) is 19.3 Å². The summed E-state index contributed by atoms with van der Waals surface area (Å²) >= 11 is 0. The zero-order chi connectivity index (χ0) is 12.5. The number of carboxylic acid groups (broad SMARTS) is 1. The van der Waals surface area contributed by atoms with Crippen molar-refractivity contribution in [3.8, 4) is 0 Å². The third-order valence-corrected chi connectivity index (χ3v) is 1.42. The van der Waals surface area contributed by atoms with Gasteiger partial charge in [-0.1, -0.05) is 26.7 Å².